The molecule has 2 heterocycles. The third-order valence-corrected chi connectivity index (χ3v) is 3.51. The topological polar surface area (TPSA) is 42.7 Å². The standard InChI is InChI=1S/C15H17NO3/c1-3-18-13-6-4-5-10-14(17)11-9-16(2)8-7-12(11)19-15(10)13/h4-6H,3,7-9H2,1-2H3. The van der Waals surface area contributed by atoms with Crippen molar-refractivity contribution in [1.29, 1.82) is 0 Å². The van der Waals surface area contributed by atoms with Crippen LogP contribution in [0.25, 0.3) is 11.0 Å². The maximum absolute atomic E-state index is 12.5. The first-order valence-electron chi connectivity index (χ1n) is 6.59. The van der Waals surface area contributed by atoms with Gasteiger partial charge in [-0.15, -0.1) is 0 Å². The summed E-state index contributed by atoms with van der Waals surface area (Å²) in [5.74, 6) is 1.46. The zero-order valence-electron chi connectivity index (χ0n) is 11.2. The Morgan fingerprint density at radius 3 is 3.05 bits per heavy atom. The van der Waals surface area contributed by atoms with Crippen LogP contribution in [-0.4, -0.2) is 25.1 Å². The second-order valence-corrected chi connectivity index (χ2v) is 4.89. The number of ether oxygens (including phenoxy) is 1. The summed E-state index contributed by atoms with van der Waals surface area (Å²) in [6.45, 7) is 4.05. The Morgan fingerprint density at radius 1 is 1.42 bits per heavy atom. The van der Waals surface area contributed by atoms with Gasteiger partial charge in [-0.25, -0.2) is 0 Å². The van der Waals surface area contributed by atoms with Gasteiger partial charge in [0, 0.05) is 19.5 Å². The number of fused-ring (bicyclic) bond motifs is 2. The van der Waals surface area contributed by atoms with E-state index in [2.05, 4.69) is 4.90 Å². The van der Waals surface area contributed by atoms with Crippen LogP contribution in [0.4, 0.5) is 0 Å². The average molecular weight is 259 g/mol. The van der Waals surface area contributed by atoms with E-state index in [4.69, 9.17) is 9.15 Å². The first kappa shape index (κ1) is 12.2. The van der Waals surface area contributed by atoms with Crippen molar-refractivity contribution in [3.63, 3.8) is 0 Å². The molecule has 0 radical (unpaired) electrons. The fourth-order valence-electron chi connectivity index (χ4n) is 2.55. The predicted molar refractivity (Wildman–Crippen MR) is 73.7 cm³/mol. The van der Waals surface area contributed by atoms with Crippen LogP contribution in [0, 0.1) is 0 Å². The molecule has 0 N–H and O–H groups in total. The van der Waals surface area contributed by atoms with Gasteiger partial charge in [0.2, 0.25) is 0 Å². The SMILES string of the molecule is CCOc1cccc2c(=O)c3c(oc12)CCN(C)C3. The molecule has 1 aromatic heterocycles. The van der Waals surface area contributed by atoms with Crippen LogP contribution in [0.1, 0.15) is 18.2 Å². The van der Waals surface area contributed by atoms with E-state index in [1.807, 2.05) is 26.1 Å². The van der Waals surface area contributed by atoms with Gasteiger partial charge in [-0.2, -0.15) is 0 Å². The van der Waals surface area contributed by atoms with Crippen LogP contribution in [0.3, 0.4) is 0 Å². The summed E-state index contributed by atoms with van der Waals surface area (Å²) in [6, 6.07) is 5.48. The molecule has 1 aliphatic heterocycles. The molecule has 4 heteroatoms. The normalized spacial score (nSPS) is 15.5. The van der Waals surface area contributed by atoms with Gasteiger partial charge >= 0.3 is 0 Å². The van der Waals surface area contributed by atoms with E-state index in [0.29, 0.717) is 29.9 Å². The van der Waals surface area contributed by atoms with E-state index in [0.717, 1.165) is 24.3 Å². The third-order valence-electron chi connectivity index (χ3n) is 3.51. The number of hydrogen-bond donors (Lipinski definition) is 0. The number of para-hydroxylation sites is 1. The van der Waals surface area contributed by atoms with Crippen LogP contribution < -0.4 is 10.2 Å². The number of benzene rings is 1. The first-order chi connectivity index (χ1) is 9.20. The quantitative estimate of drug-likeness (QED) is 0.829. The van der Waals surface area contributed by atoms with Crippen molar-refractivity contribution in [3.8, 4) is 5.75 Å². The molecule has 0 aliphatic carbocycles. The Bertz CT molecular complexity index is 675. The second-order valence-electron chi connectivity index (χ2n) is 4.89. The van der Waals surface area contributed by atoms with Gasteiger partial charge in [-0.05, 0) is 26.1 Å². The smallest absolute Gasteiger partial charge is 0.197 e. The minimum atomic E-state index is 0.0735. The zero-order valence-corrected chi connectivity index (χ0v) is 11.2. The monoisotopic (exact) mass is 259 g/mol. The molecule has 1 aromatic carbocycles. The van der Waals surface area contributed by atoms with Crippen molar-refractivity contribution in [2.75, 3.05) is 20.2 Å². The van der Waals surface area contributed by atoms with Crippen molar-refractivity contribution in [2.45, 2.75) is 19.9 Å². The molecule has 0 saturated carbocycles. The third kappa shape index (κ3) is 2.02. The second kappa shape index (κ2) is 4.70. The molecule has 2 aromatic rings. The van der Waals surface area contributed by atoms with E-state index in [1.54, 1.807) is 6.07 Å². The van der Waals surface area contributed by atoms with E-state index < -0.39 is 0 Å². The molecular weight excluding hydrogens is 242 g/mol. The van der Waals surface area contributed by atoms with E-state index in [9.17, 15) is 4.79 Å². The van der Waals surface area contributed by atoms with Gasteiger partial charge in [0.05, 0.1) is 17.6 Å². The molecule has 0 atom stereocenters. The van der Waals surface area contributed by atoms with E-state index >= 15 is 0 Å². The van der Waals surface area contributed by atoms with Gasteiger partial charge < -0.3 is 14.1 Å². The molecule has 4 nitrogen and oxygen atoms in total. The molecule has 0 unspecified atom stereocenters. The molecule has 1 aliphatic rings. The first-order valence-corrected chi connectivity index (χ1v) is 6.59. The minimum Gasteiger partial charge on any atom is -0.490 e. The predicted octanol–water partition coefficient (Wildman–Crippen LogP) is 2.18. The maximum Gasteiger partial charge on any atom is 0.197 e. The van der Waals surface area contributed by atoms with E-state index in [-0.39, 0.29) is 5.43 Å². The van der Waals surface area contributed by atoms with Crippen molar-refractivity contribution >= 4 is 11.0 Å². The number of hydrogen-bond acceptors (Lipinski definition) is 4. The lowest BCUT2D eigenvalue weighted by molar-refractivity contribution is 0.286. The van der Waals surface area contributed by atoms with Crippen LogP contribution in [0.5, 0.6) is 5.75 Å². The highest BCUT2D eigenvalue weighted by atomic mass is 16.5. The highest BCUT2D eigenvalue weighted by Crippen LogP contribution is 2.27. The Kier molecular flexibility index (Phi) is 3.03. The molecular formula is C15H17NO3. The van der Waals surface area contributed by atoms with Crippen molar-refractivity contribution in [2.24, 2.45) is 0 Å². The molecule has 100 valence electrons. The fourth-order valence-corrected chi connectivity index (χ4v) is 2.55. The molecule has 0 saturated heterocycles. The highest BCUT2D eigenvalue weighted by Gasteiger charge is 2.21. The van der Waals surface area contributed by atoms with Gasteiger partial charge in [0.15, 0.2) is 16.8 Å². The van der Waals surface area contributed by atoms with Crippen LogP contribution in [0.15, 0.2) is 27.4 Å². The Morgan fingerprint density at radius 2 is 2.26 bits per heavy atom. The Hall–Kier alpha value is -1.81. The summed E-state index contributed by atoms with van der Waals surface area (Å²) >= 11 is 0. The lowest BCUT2D eigenvalue weighted by atomic mass is 10.0. The van der Waals surface area contributed by atoms with Crippen LogP contribution >= 0.6 is 0 Å². The van der Waals surface area contributed by atoms with Crippen LogP contribution in [-0.2, 0) is 13.0 Å². The molecule has 19 heavy (non-hydrogen) atoms. The molecule has 0 fully saturated rings. The average Bonchev–Trinajstić information content (AvgIpc) is 2.41. The molecule has 0 amide bonds. The summed E-state index contributed by atoms with van der Waals surface area (Å²) in [6.07, 6.45) is 0.775. The minimum absolute atomic E-state index is 0.0735. The molecule has 3 rings (SSSR count). The van der Waals surface area contributed by atoms with Crippen LogP contribution in [0.2, 0.25) is 0 Å². The summed E-state index contributed by atoms with van der Waals surface area (Å²) in [7, 11) is 2.02. The number of nitrogens with zero attached hydrogens (tertiary/aromatic N) is 1. The Balaban J connectivity index is 2.27. The largest absolute Gasteiger partial charge is 0.490 e. The van der Waals surface area contributed by atoms with Crippen molar-refractivity contribution in [1.82, 2.24) is 4.90 Å². The summed E-state index contributed by atoms with van der Waals surface area (Å²) in [5.41, 5.74) is 1.44. The van der Waals surface area contributed by atoms with Gasteiger partial charge in [-0.3, -0.25) is 4.79 Å². The number of rotatable bonds is 2. The van der Waals surface area contributed by atoms with Gasteiger partial charge in [0.1, 0.15) is 5.76 Å². The van der Waals surface area contributed by atoms with Gasteiger partial charge in [-0.1, -0.05) is 6.07 Å². The highest BCUT2D eigenvalue weighted by molar-refractivity contribution is 5.83. The summed E-state index contributed by atoms with van der Waals surface area (Å²) < 4.78 is 11.5. The van der Waals surface area contributed by atoms with Gasteiger partial charge in [0.25, 0.3) is 0 Å². The van der Waals surface area contributed by atoms with Crippen molar-refractivity contribution < 1.29 is 9.15 Å². The summed E-state index contributed by atoms with van der Waals surface area (Å²) in [4.78, 5) is 14.7. The Labute approximate surface area is 111 Å². The lowest BCUT2D eigenvalue weighted by Crippen LogP contribution is -2.31. The maximum atomic E-state index is 12.5. The summed E-state index contributed by atoms with van der Waals surface area (Å²) in [5, 5.41) is 0.611. The lowest BCUT2D eigenvalue weighted by Gasteiger charge is -2.23. The fraction of sp³-hybridized carbons (Fsp3) is 0.400. The molecule has 0 bridgehead atoms. The number of likely N-dealkylation sites (N-methyl/N-ethyl adjacent to an activating group) is 1. The van der Waals surface area contributed by atoms with E-state index in [1.165, 1.54) is 0 Å². The molecule has 0 spiro atoms. The zero-order chi connectivity index (χ0) is 13.4. The van der Waals surface area contributed by atoms with Crippen molar-refractivity contribution in [3.05, 3.63) is 39.7 Å².